The number of nitrogens with zero attached hydrogens (tertiary/aromatic N) is 4. The van der Waals surface area contributed by atoms with Gasteiger partial charge in [-0.2, -0.15) is 0 Å². The zero-order valence-corrected chi connectivity index (χ0v) is 13.7. The van der Waals surface area contributed by atoms with E-state index in [1.165, 1.54) is 16.2 Å². The molecule has 0 saturated carbocycles. The summed E-state index contributed by atoms with van der Waals surface area (Å²) in [4.78, 5) is 46.3. The van der Waals surface area contributed by atoms with Crippen molar-refractivity contribution in [3.63, 3.8) is 0 Å². The van der Waals surface area contributed by atoms with E-state index in [-0.39, 0.29) is 29.2 Å². The number of nitrogens with one attached hydrogen (secondary N) is 1. The highest BCUT2D eigenvalue weighted by molar-refractivity contribution is 7.17. The Morgan fingerprint density at radius 3 is 2.96 bits per heavy atom. The fourth-order valence-corrected chi connectivity index (χ4v) is 3.05. The molecule has 0 fully saturated rings. The Hall–Kier alpha value is -3.34. The molecular formula is C14H12N6O4S. The summed E-state index contributed by atoms with van der Waals surface area (Å²) in [6, 6.07) is 2.80. The fraction of sp³-hybridized carbons (Fsp3) is 0.143. The van der Waals surface area contributed by atoms with Crippen molar-refractivity contribution in [1.82, 2.24) is 15.0 Å². The summed E-state index contributed by atoms with van der Waals surface area (Å²) < 4.78 is 0.526. The van der Waals surface area contributed by atoms with Crippen LogP contribution in [0.3, 0.4) is 0 Å². The van der Waals surface area contributed by atoms with Crippen LogP contribution in [0, 0.1) is 10.1 Å². The Kier molecular flexibility index (Phi) is 4.15. The number of carbonyl (C=O) groups excluding carboxylic acids is 1. The van der Waals surface area contributed by atoms with E-state index >= 15 is 0 Å². The van der Waals surface area contributed by atoms with Gasteiger partial charge in [-0.15, -0.1) is 11.3 Å². The monoisotopic (exact) mass is 360 g/mol. The van der Waals surface area contributed by atoms with Gasteiger partial charge in [0.05, 0.1) is 22.5 Å². The van der Waals surface area contributed by atoms with Crippen LogP contribution in [0.1, 0.15) is 16.2 Å². The Morgan fingerprint density at radius 1 is 1.52 bits per heavy atom. The molecule has 0 unspecified atom stereocenters. The first kappa shape index (κ1) is 16.5. The van der Waals surface area contributed by atoms with Crippen molar-refractivity contribution in [1.29, 1.82) is 0 Å². The number of primary amides is 1. The minimum Gasteiger partial charge on any atom is -0.365 e. The van der Waals surface area contributed by atoms with Crippen molar-refractivity contribution in [3.8, 4) is 0 Å². The molecule has 3 heterocycles. The Morgan fingerprint density at radius 2 is 2.28 bits per heavy atom. The van der Waals surface area contributed by atoms with Gasteiger partial charge in [-0.05, 0) is 11.4 Å². The minimum absolute atomic E-state index is 0.0874. The molecule has 128 valence electrons. The highest BCUT2D eigenvalue weighted by Gasteiger charge is 2.19. The number of amides is 1. The van der Waals surface area contributed by atoms with E-state index in [4.69, 9.17) is 5.73 Å². The second kappa shape index (κ2) is 6.28. The van der Waals surface area contributed by atoms with Crippen LogP contribution < -0.4 is 16.2 Å². The van der Waals surface area contributed by atoms with Crippen LogP contribution in [0.4, 0.5) is 11.5 Å². The molecule has 0 aliphatic carbocycles. The zero-order valence-electron chi connectivity index (χ0n) is 12.9. The van der Waals surface area contributed by atoms with Gasteiger partial charge in [0.25, 0.3) is 17.2 Å². The molecule has 0 bridgehead atoms. The topological polar surface area (TPSA) is 148 Å². The molecule has 3 rings (SSSR count). The van der Waals surface area contributed by atoms with Gasteiger partial charge < -0.3 is 15.6 Å². The summed E-state index contributed by atoms with van der Waals surface area (Å²) in [5.41, 5.74) is 5.19. The number of nitro groups is 1. The molecule has 0 radical (unpaired) electrons. The summed E-state index contributed by atoms with van der Waals surface area (Å²) >= 11 is 1.29. The van der Waals surface area contributed by atoms with Gasteiger partial charge in [-0.1, -0.05) is 0 Å². The number of pyridine rings is 1. The van der Waals surface area contributed by atoms with Crippen LogP contribution in [0.25, 0.3) is 10.2 Å². The Bertz CT molecular complexity index is 1040. The van der Waals surface area contributed by atoms with E-state index in [1.54, 1.807) is 18.5 Å². The molecule has 3 aromatic rings. The van der Waals surface area contributed by atoms with Crippen molar-refractivity contribution in [2.75, 3.05) is 11.9 Å². The van der Waals surface area contributed by atoms with Gasteiger partial charge in [-0.25, -0.2) is 9.97 Å². The summed E-state index contributed by atoms with van der Waals surface area (Å²) in [5.74, 6) is -0.312. The van der Waals surface area contributed by atoms with Crippen LogP contribution in [-0.2, 0) is 6.54 Å². The van der Waals surface area contributed by atoms with Crippen LogP contribution in [0.2, 0.25) is 0 Å². The largest absolute Gasteiger partial charge is 0.365 e. The van der Waals surface area contributed by atoms with E-state index in [0.29, 0.717) is 16.0 Å². The third-order valence-electron chi connectivity index (χ3n) is 3.44. The first-order chi connectivity index (χ1) is 11.9. The summed E-state index contributed by atoms with van der Waals surface area (Å²) in [6.45, 7) is 0.131. The first-order valence-corrected chi connectivity index (χ1v) is 7.86. The smallest absolute Gasteiger partial charge is 0.288 e. The number of carbonyl (C=O) groups is 1. The fourth-order valence-electron chi connectivity index (χ4n) is 2.33. The van der Waals surface area contributed by atoms with Gasteiger partial charge in [0, 0.05) is 13.1 Å². The van der Waals surface area contributed by atoms with E-state index in [0.717, 1.165) is 12.3 Å². The maximum Gasteiger partial charge on any atom is 0.288 e. The predicted molar refractivity (Wildman–Crippen MR) is 91.8 cm³/mol. The lowest BCUT2D eigenvalue weighted by molar-refractivity contribution is -0.385. The van der Waals surface area contributed by atoms with Gasteiger partial charge in [-0.3, -0.25) is 19.7 Å². The number of hydrogen-bond donors (Lipinski definition) is 2. The van der Waals surface area contributed by atoms with Crippen molar-refractivity contribution in [2.24, 2.45) is 5.73 Å². The molecule has 0 atom stereocenters. The van der Waals surface area contributed by atoms with E-state index in [2.05, 4.69) is 15.0 Å². The average Bonchev–Trinajstić information content (AvgIpc) is 3.03. The number of H-pyrrole nitrogens is 1. The molecule has 3 aromatic heterocycles. The molecule has 11 heteroatoms. The summed E-state index contributed by atoms with van der Waals surface area (Å²) in [6.07, 6.45) is 1.04. The standard InChI is InChI=1S/C14H12N6O4S/c1-19(6-10-17-9-2-3-25-11(9)14(22)18-10)13-8(12(15)21)4-7(5-16-13)20(23)24/h2-5H,6H2,1H3,(H2,15,21)(H,17,18,22). The first-order valence-electron chi connectivity index (χ1n) is 6.98. The predicted octanol–water partition coefficient (Wildman–Crippen LogP) is 1.02. The van der Waals surface area contributed by atoms with Crippen molar-refractivity contribution in [2.45, 2.75) is 6.54 Å². The van der Waals surface area contributed by atoms with Crippen LogP contribution in [-0.4, -0.2) is 32.8 Å². The van der Waals surface area contributed by atoms with Crippen molar-refractivity contribution in [3.05, 3.63) is 55.6 Å². The van der Waals surface area contributed by atoms with E-state index in [1.807, 2.05) is 0 Å². The van der Waals surface area contributed by atoms with Crippen molar-refractivity contribution < 1.29 is 9.72 Å². The SMILES string of the molecule is CN(Cc1nc2ccsc2c(=O)[nH]1)c1ncc([N+](=O)[O-])cc1C(N)=O. The molecule has 0 aromatic carbocycles. The number of fused-ring (bicyclic) bond motifs is 1. The molecule has 0 saturated heterocycles. The summed E-state index contributed by atoms with van der Waals surface area (Å²) in [5, 5.41) is 12.6. The molecule has 10 nitrogen and oxygen atoms in total. The minimum atomic E-state index is -0.840. The lowest BCUT2D eigenvalue weighted by Crippen LogP contribution is -2.25. The maximum atomic E-state index is 12.0. The number of hydrogen-bond acceptors (Lipinski definition) is 8. The van der Waals surface area contributed by atoms with E-state index in [9.17, 15) is 19.7 Å². The highest BCUT2D eigenvalue weighted by Crippen LogP contribution is 2.22. The number of anilines is 1. The molecule has 0 aliphatic heterocycles. The van der Waals surface area contributed by atoms with Gasteiger partial charge >= 0.3 is 0 Å². The second-order valence-corrected chi connectivity index (χ2v) is 6.11. The van der Waals surface area contributed by atoms with Crippen molar-refractivity contribution >= 4 is 39.0 Å². The third-order valence-corrected chi connectivity index (χ3v) is 4.34. The number of nitrogens with two attached hydrogens (primary N) is 1. The second-order valence-electron chi connectivity index (χ2n) is 5.19. The Balaban J connectivity index is 1.96. The molecule has 0 spiro atoms. The molecule has 3 N–H and O–H groups in total. The number of aromatic amines is 1. The quantitative estimate of drug-likeness (QED) is 0.509. The number of aromatic nitrogens is 3. The zero-order chi connectivity index (χ0) is 18.1. The number of rotatable bonds is 5. The normalized spacial score (nSPS) is 10.8. The maximum absolute atomic E-state index is 12.0. The van der Waals surface area contributed by atoms with Crippen LogP contribution in [0.15, 0.2) is 28.5 Å². The molecule has 0 aliphatic rings. The van der Waals surface area contributed by atoms with E-state index < -0.39 is 10.8 Å². The van der Waals surface area contributed by atoms with Crippen LogP contribution >= 0.6 is 11.3 Å². The Labute approximate surface area is 144 Å². The van der Waals surface area contributed by atoms with Gasteiger partial charge in [0.15, 0.2) is 0 Å². The van der Waals surface area contributed by atoms with Crippen LogP contribution in [0.5, 0.6) is 0 Å². The molecule has 25 heavy (non-hydrogen) atoms. The average molecular weight is 360 g/mol. The third kappa shape index (κ3) is 3.17. The lowest BCUT2D eigenvalue weighted by Gasteiger charge is -2.19. The summed E-state index contributed by atoms with van der Waals surface area (Å²) in [7, 11) is 1.61. The van der Waals surface area contributed by atoms with Gasteiger partial charge in [0.2, 0.25) is 0 Å². The van der Waals surface area contributed by atoms with Gasteiger partial charge in [0.1, 0.15) is 22.5 Å². The number of thiophene rings is 1. The molecule has 1 amide bonds. The highest BCUT2D eigenvalue weighted by atomic mass is 32.1. The molecular weight excluding hydrogens is 348 g/mol. The lowest BCUT2D eigenvalue weighted by atomic mass is 10.2.